The van der Waals surface area contributed by atoms with Gasteiger partial charge in [-0.3, -0.25) is 0 Å². The summed E-state index contributed by atoms with van der Waals surface area (Å²) in [5.74, 6) is -0.282. The van der Waals surface area contributed by atoms with Gasteiger partial charge in [0.1, 0.15) is 11.4 Å². The zero-order valence-electron chi connectivity index (χ0n) is 10.1. The zero-order valence-corrected chi connectivity index (χ0v) is 11.3. The summed E-state index contributed by atoms with van der Waals surface area (Å²) in [4.78, 5) is 0. The number of benzene rings is 1. The lowest BCUT2D eigenvalue weighted by Crippen LogP contribution is -2.37. The Labute approximate surface area is 103 Å². The molecule has 1 N–H and O–H groups in total. The van der Waals surface area contributed by atoms with Gasteiger partial charge in [0.2, 0.25) is 0 Å². The van der Waals surface area contributed by atoms with Gasteiger partial charge in [0.15, 0.2) is 0 Å². The Morgan fingerprint density at radius 2 is 2.18 bits per heavy atom. The van der Waals surface area contributed by atoms with Crippen molar-refractivity contribution in [1.29, 1.82) is 0 Å². The van der Waals surface area contributed by atoms with Crippen molar-refractivity contribution in [2.75, 3.05) is 0 Å². The molecule has 94 valence electrons. The number of hydrogen-bond donors (Lipinski definition) is 1. The molecule has 0 spiro atoms. The first-order valence-corrected chi connectivity index (χ1v) is 6.42. The molecule has 0 aromatic heterocycles. The fraction of sp³-hybridized carbons (Fsp3) is 0.538. The molecule has 1 aromatic rings. The largest absolute Gasteiger partial charge is 0.383 e. The fourth-order valence-corrected chi connectivity index (χ4v) is 2.54. The maximum absolute atomic E-state index is 13.2. The molecule has 3 unspecified atom stereocenters. The van der Waals surface area contributed by atoms with E-state index in [2.05, 4.69) is 9.24 Å². The van der Waals surface area contributed by atoms with Gasteiger partial charge >= 0.3 is 0 Å². The molecule has 0 saturated carbocycles. The molecular formula is C13H18FO2P. The van der Waals surface area contributed by atoms with Crippen LogP contribution in [0.5, 0.6) is 0 Å². The Morgan fingerprint density at radius 1 is 1.47 bits per heavy atom. The number of aliphatic hydroxyl groups is 1. The lowest BCUT2D eigenvalue weighted by atomic mass is 9.88. The minimum atomic E-state index is -1.07. The van der Waals surface area contributed by atoms with Gasteiger partial charge in [-0.1, -0.05) is 6.07 Å². The lowest BCUT2D eigenvalue weighted by Gasteiger charge is -2.30. The van der Waals surface area contributed by atoms with E-state index in [4.69, 9.17) is 4.74 Å². The van der Waals surface area contributed by atoms with Crippen LogP contribution in [0.1, 0.15) is 32.3 Å². The Hall–Kier alpha value is -0.500. The Morgan fingerprint density at radius 3 is 2.71 bits per heavy atom. The van der Waals surface area contributed by atoms with Crippen molar-refractivity contribution in [3.05, 3.63) is 29.6 Å². The van der Waals surface area contributed by atoms with Gasteiger partial charge in [0.05, 0.1) is 12.2 Å². The van der Waals surface area contributed by atoms with E-state index in [1.54, 1.807) is 19.1 Å². The average molecular weight is 256 g/mol. The maximum atomic E-state index is 13.2. The minimum absolute atomic E-state index is 0.183. The van der Waals surface area contributed by atoms with Gasteiger partial charge < -0.3 is 9.84 Å². The van der Waals surface area contributed by atoms with Gasteiger partial charge in [0.25, 0.3) is 0 Å². The number of ether oxygens (including phenoxy) is 1. The third kappa shape index (κ3) is 2.52. The molecule has 0 bridgehead atoms. The van der Waals surface area contributed by atoms with Gasteiger partial charge in [-0.15, -0.1) is 9.24 Å². The van der Waals surface area contributed by atoms with Crippen molar-refractivity contribution in [2.45, 2.75) is 44.5 Å². The van der Waals surface area contributed by atoms with Crippen LogP contribution >= 0.6 is 9.24 Å². The second-order valence-electron chi connectivity index (χ2n) is 4.90. The molecule has 0 aliphatic carbocycles. The summed E-state index contributed by atoms with van der Waals surface area (Å²) in [5, 5.41) is 11.0. The van der Waals surface area contributed by atoms with Crippen LogP contribution in [0.3, 0.4) is 0 Å². The second kappa shape index (κ2) is 4.64. The summed E-state index contributed by atoms with van der Waals surface area (Å²) in [7, 11) is 2.34. The van der Waals surface area contributed by atoms with E-state index in [1.807, 2.05) is 6.92 Å². The highest BCUT2D eigenvalue weighted by Crippen LogP contribution is 2.34. The van der Waals surface area contributed by atoms with Crippen LogP contribution in [0, 0.1) is 5.82 Å². The van der Waals surface area contributed by atoms with Crippen molar-refractivity contribution in [2.24, 2.45) is 0 Å². The molecule has 2 rings (SSSR count). The number of rotatable bonds is 2. The van der Waals surface area contributed by atoms with Crippen LogP contribution in [-0.4, -0.2) is 17.3 Å². The SMILES string of the molecule is CC1CCC([C@](C)(O)c2ccc(F)c(P)c2)O1. The zero-order chi connectivity index (χ0) is 12.6. The second-order valence-corrected chi connectivity index (χ2v) is 5.52. The molecule has 2 nitrogen and oxygen atoms in total. The molecule has 17 heavy (non-hydrogen) atoms. The van der Waals surface area contributed by atoms with Crippen LogP contribution in [-0.2, 0) is 10.3 Å². The van der Waals surface area contributed by atoms with Crippen molar-refractivity contribution in [1.82, 2.24) is 0 Å². The first kappa shape index (κ1) is 12.9. The predicted molar refractivity (Wildman–Crippen MR) is 68.9 cm³/mol. The van der Waals surface area contributed by atoms with Gasteiger partial charge in [-0.05, 0) is 44.4 Å². The van der Waals surface area contributed by atoms with E-state index < -0.39 is 5.60 Å². The third-order valence-corrected chi connectivity index (χ3v) is 3.88. The Kier molecular flexibility index (Phi) is 3.53. The smallest absolute Gasteiger partial charge is 0.130 e. The number of hydrogen-bond acceptors (Lipinski definition) is 2. The van der Waals surface area contributed by atoms with E-state index in [0.717, 1.165) is 12.8 Å². The summed E-state index contributed by atoms with van der Waals surface area (Å²) in [6, 6.07) is 4.66. The molecule has 1 saturated heterocycles. The highest BCUT2D eigenvalue weighted by atomic mass is 31.0. The van der Waals surface area contributed by atoms with E-state index in [0.29, 0.717) is 10.9 Å². The van der Waals surface area contributed by atoms with Crippen molar-refractivity contribution < 1.29 is 14.2 Å². The van der Waals surface area contributed by atoms with Crippen molar-refractivity contribution in [3.8, 4) is 0 Å². The van der Waals surface area contributed by atoms with Gasteiger partial charge in [0, 0.05) is 5.30 Å². The first-order chi connectivity index (χ1) is 7.91. The van der Waals surface area contributed by atoms with Crippen molar-refractivity contribution in [3.63, 3.8) is 0 Å². The van der Waals surface area contributed by atoms with E-state index >= 15 is 0 Å². The van der Waals surface area contributed by atoms with E-state index in [1.165, 1.54) is 6.07 Å². The topological polar surface area (TPSA) is 29.5 Å². The predicted octanol–water partition coefficient (Wildman–Crippen LogP) is 2.10. The fourth-order valence-electron chi connectivity index (χ4n) is 2.26. The molecule has 0 radical (unpaired) electrons. The van der Waals surface area contributed by atoms with Crippen LogP contribution in [0.15, 0.2) is 18.2 Å². The summed E-state index contributed by atoms with van der Waals surface area (Å²) in [5.41, 5.74) is -0.368. The van der Waals surface area contributed by atoms with E-state index in [-0.39, 0.29) is 18.0 Å². The molecule has 1 fully saturated rings. The van der Waals surface area contributed by atoms with Crippen LogP contribution in [0.25, 0.3) is 0 Å². The standard InChI is InChI=1S/C13H18FO2P/c1-8-3-6-12(16-8)13(2,15)9-4-5-10(14)11(17)7-9/h4-5,7-8,12,15H,3,6,17H2,1-2H3/t8?,12?,13-/m1/s1. The van der Waals surface area contributed by atoms with Gasteiger partial charge in [-0.2, -0.15) is 0 Å². The molecule has 1 aliphatic heterocycles. The number of halogens is 1. The molecule has 1 aliphatic rings. The monoisotopic (exact) mass is 256 g/mol. The molecule has 4 heteroatoms. The highest BCUT2D eigenvalue weighted by Gasteiger charge is 2.39. The third-order valence-electron chi connectivity index (χ3n) is 3.44. The van der Waals surface area contributed by atoms with E-state index in [9.17, 15) is 9.50 Å². The summed E-state index contributed by atoms with van der Waals surface area (Å²) in [6.45, 7) is 3.73. The average Bonchev–Trinajstić information content (AvgIpc) is 2.69. The highest BCUT2D eigenvalue weighted by molar-refractivity contribution is 7.27. The van der Waals surface area contributed by atoms with Crippen LogP contribution in [0.2, 0.25) is 0 Å². The first-order valence-electron chi connectivity index (χ1n) is 5.84. The molecular weight excluding hydrogens is 238 g/mol. The quantitative estimate of drug-likeness (QED) is 0.821. The van der Waals surface area contributed by atoms with Crippen LogP contribution < -0.4 is 5.30 Å². The molecule has 0 amide bonds. The van der Waals surface area contributed by atoms with Gasteiger partial charge in [-0.25, -0.2) is 4.39 Å². The lowest BCUT2D eigenvalue weighted by molar-refractivity contribution is -0.0943. The minimum Gasteiger partial charge on any atom is -0.383 e. The summed E-state index contributed by atoms with van der Waals surface area (Å²) in [6.07, 6.45) is 1.75. The normalized spacial score (nSPS) is 28.1. The van der Waals surface area contributed by atoms with Crippen LogP contribution in [0.4, 0.5) is 4.39 Å². The summed E-state index contributed by atoms with van der Waals surface area (Å²) >= 11 is 0. The Bertz CT molecular complexity index is 420. The summed E-state index contributed by atoms with van der Waals surface area (Å²) < 4.78 is 18.9. The molecule has 1 heterocycles. The Balaban J connectivity index is 2.27. The maximum Gasteiger partial charge on any atom is 0.130 e. The molecule has 4 atom stereocenters. The van der Waals surface area contributed by atoms with Crippen molar-refractivity contribution >= 4 is 14.5 Å². The molecule has 1 aromatic carbocycles.